The molecule has 0 bridgehead atoms. The number of anilines is 1. The summed E-state index contributed by atoms with van der Waals surface area (Å²) >= 11 is 5.99. The molecule has 2 fully saturated rings. The third-order valence-corrected chi connectivity index (χ3v) is 10.0. The van der Waals surface area contributed by atoms with Crippen LogP contribution in [0.15, 0.2) is 60.4 Å². The van der Waals surface area contributed by atoms with Crippen LogP contribution >= 0.6 is 11.6 Å². The Bertz CT molecular complexity index is 1600. The standard InChI is InChI=1S/C34H39ClF3N5O5/c1-21-16-23(6-9-39-21)41-12-14-42(15-13-41)31(46)28(19-22-17-25(34(36,37)38)30(45)26(35)18-22)48-32(47)43-10-7-33(8-11-43)20-29(44)40-27-5-3-2-4-24(27)33/h2-6,9,16-18,21,28,32,39,45,47H,7-8,10-15,19-20H2,1H3,(H,40,44)/t21?,28-,32?/m1/s1. The number of para-hydroxylation sites is 1. The number of alkyl halides is 3. The summed E-state index contributed by atoms with van der Waals surface area (Å²) in [6.45, 7) is 4.53. The molecule has 0 saturated carbocycles. The van der Waals surface area contributed by atoms with E-state index in [1.165, 1.54) is 6.07 Å². The number of likely N-dealkylation sites (tertiary alicyclic amines) is 1. The number of carbonyl (C=O) groups excluding carboxylic acids is 2. The van der Waals surface area contributed by atoms with Crippen molar-refractivity contribution in [2.45, 2.75) is 62.8 Å². The molecular weight excluding hydrogens is 651 g/mol. The van der Waals surface area contributed by atoms with E-state index < -0.39 is 46.4 Å². The van der Waals surface area contributed by atoms with Crippen molar-refractivity contribution >= 4 is 29.1 Å². The van der Waals surface area contributed by atoms with Gasteiger partial charge in [0.1, 0.15) is 11.9 Å². The van der Waals surface area contributed by atoms with Crippen molar-refractivity contribution in [1.82, 2.24) is 20.0 Å². The molecular formula is C34H39ClF3N5O5. The first-order valence-corrected chi connectivity index (χ1v) is 16.4. The minimum Gasteiger partial charge on any atom is -0.506 e. The van der Waals surface area contributed by atoms with E-state index in [4.69, 9.17) is 16.3 Å². The fourth-order valence-electron chi connectivity index (χ4n) is 7.14. The molecule has 1 spiro atoms. The lowest BCUT2D eigenvalue weighted by Gasteiger charge is -2.46. The molecule has 2 saturated heterocycles. The van der Waals surface area contributed by atoms with Gasteiger partial charge in [0.05, 0.1) is 10.6 Å². The van der Waals surface area contributed by atoms with E-state index in [1.54, 1.807) is 9.80 Å². The van der Waals surface area contributed by atoms with Gasteiger partial charge in [0.15, 0.2) is 0 Å². The second-order valence-corrected chi connectivity index (χ2v) is 13.3. The Labute approximate surface area is 281 Å². The average Bonchev–Trinajstić information content (AvgIpc) is 3.05. The largest absolute Gasteiger partial charge is 0.506 e. The number of phenols is 1. The Morgan fingerprint density at radius 2 is 1.83 bits per heavy atom. The van der Waals surface area contributed by atoms with E-state index in [2.05, 4.69) is 21.6 Å². The maximum Gasteiger partial charge on any atom is 0.420 e. The molecule has 258 valence electrons. The highest BCUT2D eigenvalue weighted by Gasteiger charge is 2.44. The highest BCUT2D eigenvalue weighted by molar-refractivity contribution is 6.32. The molecule has 2 amide bonds. The zero-order valence-corrected chi connectivity index (χ0v) is 27.2. The minimum absolute atomic E-state index is 0.0238. The van der Waals surface area contributed by atoms with Crippen LogP contribution in [0.3, 0.4) is 0 Å². The molecule has 2 aromatic carbocycles. The summed E-state index contributed by atoms with van der Waals surface area (Å²) in [4.78, 5) is 32.0. The first-order valence-electron chi connectivity index (χ1n) is 16.1. The van der Waals surface area contributed by atoms with E-state index in [1.807, 2.05) is 43.5 Å². The molecule has 14 heteroatoms. The number of phenolic OH excluding ortho intramolecular Hbond substituents is 1. The van der Waals surface area contributed by atoms with Crippen LogP contribution in [0.5, 0.6) is 5.75 Å². The number of nitrogens with one attached hydrogen (secondary N) is 2. The topological polar surface area (TPSA) is 118 Å². The number of benzene rings is 2. The van der Waals surface area contributed by atoms with Crippen molar-refractivity contribution in [3.05, 3.63) is 82.2 Å². The van der Waals surface area contributed by atoms with Gasteiger partial charge in [-0.15, -0.1) is 0 Å². The molecule has 4 aliphatic heterocycles. The van der Waals surface area contributed by atoms with Crippen molar-refractivity contribution < 1.29 is 37.7 Å². The first-order chi connectivity index (χ1) is 22.8. The van der Waals surface area contributed by atoms with E-state index in [-0.39, 0.29) is 23.9 Å². The summed E-state index contributed by atoms with van der Waals surface area (Å²) in [5.41, 5.74) is 1.16. The van der Waals surface area contributed by atoms with Gasteiger partial charge in [-0.25, -0.2) is 0 Å². The monoisotopic (exact) mass is 689 g/mol. The molecule has 2 unspecified atom stereocenters. The van der Waals surface area contributed by atoms with Crippen LogP contribution in [0, 0.1) is 0 Å². The van der Waals surface area contributed by atoms with Crippen LogP contribution in [0.4, 0.5) is 18.9 Å². The molecule has 4 N–H and O–H groups in total. The Balaban J connectivity index is 1.19. The maximum absolute atomic E-state index is 14.0. The molecule has 48 heavy (non-hydrogen) atoms. The summed E-state index contributed by atoms with van der Waals surface area (Å²) in [5.74, 6) is -1.64. The summed E-state index contributed by atoms with van der Waals surface area (Å²) in [5, 5.41) is 26.9. The van der Waals surface area contributed by atoms with Gasteiger partial charge >= 0.3 is 6.18 Å². The summed E-state index contributed by atoms with van der Waals surface area (Å²) < 4.78 is 47.2. The normalized spacial score (nSPS) is 22.4. The summed E-state index contributed by atoms with van der Waals surface area (Å²) in [6, 6.07) is 9.76. The number of piperidine rings is 1. The van der Waals surface area contributed by atoms with Gasteiger partial charge in [-0.3, -0.25) is 14.5 Å². The number of hydrogen-bond donors (Lipinski definition) is 4. The summed E-state index contributed by atoms with van der Waals surface area (Å²) in [7, 11) is 0. The van der Waals surface area contributed by atoms with Crippen LogP contribution in [-0.2, 0) is 32.3 Å². The number of rotatable bonds is 7. The van der Waals surface area contributed by atoms with Crippen molar-refractivity contribution in [2.24, 2.45) is 0 Å². The predicted octanol–water partition coefficient (Wildman–Crippen LogP) is 4.18. The van der Waals surface area contributed by atoms with Crippen LogP contribution in [0.2, 0.25) is 5.02 Å². The van der Waals surface area contributed by atoms with Crippen molar-refractivity contribution in [1.29, 1.82) is 0 Å². The number of fused-ring (bicyclic) bond motifs is 2. The lowest BCUT2D eigenvalue weighted by molar-refractivity contribution is -0.226. The van der Waals surface area contributed by atoms with E-state index in [0.29, 0.717) is 58.5 Å². The van der Waals surface area contributed by atoms with Crippen LogP contribution in [0.25, 0.3) is 0 Å². The fraction of sp³-hybridized carbons (Fsp3) is 0.471. The molecule has 0 radical (unpaired) electrons. The zero-order valence-electron chi connectivity index (χ0n) is 26.5. The highest BCUT2D eigenvalue weighted by atomic mass is 35.5. The fourth-order valence-corrected chi connectivity index (χ4v) is 7.39. The van der Waals surface area contributed by atoms with Crippen LogP contribution < -0.4 is 10.6 Å². The maximum atomic E-state index is 14.0. The van der Waals surface area contributed by atoms with Gasteiger partial charge < -0.3 is 35.4 Å². The van der Waals surface area contributed by atoms with Crippen molar-refractivity contribution in [2.75, 3.05) is 44.6 Å². The lowest BCUT2D eigenvalue weighted by atomic mass is 9.68. The number of halogens is 4. The number of dihydropyridines is 1. The third-order valence-electron chi connectivity index (χ3n) is 9.74. The van der Waals surface area contributed by atoms with E-state index >= 15 is 0 Å². The predicted molar refractivity (Wildman–Crippen MR) is 173 cm³/mol. The molecule has 4 aliphatic rings. The van der Waals surface area contributed by atoms with Gasteiger partial charge in [-0.2, -0.15) is 13.2 Å². The number of allylic oxidation sites excluding steroid dienone is 1. The lowest BCUT2D eigenvalue weighted by Crippen LogP contribution is -2.54. The minimum atomic E-state index is -4.88. The number of hydrogen-bond acceptors (Lipinski definition) is 8. The first kappa shape index (κ1) is 34.1. The number of amides is 2. The SMILES string of the molecule is CC1C=C(N2CCN(C(=O)[C@@H](Cc3cc(Cl)c(O)c(C(F)(F)F)c3)OC(O)N3CCC4(CC3)CC(=O)Nc3ccccc34)CC2)C=CN1. The molecule has 3 atom stereocenters. The van der Waals surface area contributed by atoms with Gasteiger partial charge in [0, 0.05) is 75.0 Å². The summed E-state index contributed by atoms with van der Waals surface area (Å²) in [6.07, 6.45) is -0.720. The smallest absolute Gasteiger partial charge is 0.420 e. The molecule has 6 rings (SSSR count). The third kappa shape index (κ3) is 7.14. The average molecular weight is 690 g/mol. The van der Waals surface area contributed by atoms with Crippen LogP contribution in [-0.4, -0.2) is 94.6 Å². The number of aliphatic hydroxyl groups excluding tert-OH is 1. The molecule has 2 aromatic rings. The van der Waals surface area contributed by atoms with Crippen molar-refractivity contribution in [3.63, 3.8) is 0 Å². The van der Waals surface area contributed by atoms with Gasteiger partial charge in [-0.05, 0) is 67.4 Å². The number of carbonyl (C=O) groups is 2. The molecule has 10 nitrogen and oxygen atoms in total. The molecule has 4 heterocycles. The van der Waals surface area contributed by atoms with E-state index in [0.717, 1.165) is 23.0 Å². The Morgan fingerprint density at radius 1 is 1.12 bits per heavy atom. The van der Waals surface area contributed by atoms with Gasteiger partial charge in [-0.1, -0.05) is 29.8 Å². The second-order valence-electron chi connectivity index (χ2n) is 12.9. The number of aliphatic hydroxyl groups is 1. The van der Waals surface area contributed by atoms with E-state index in [9.17, 15) is 33.0 Å². The Hall–Kier alpha value is -3.78. The number of ether oxygens (including phenoxy) is 1. The molecule has 0 aromatic heterocycles. The quantitative estimate of drug-likeness (QED) is 0.320. The molecule has 0 aliphatic carbocycles. The van der Waals surface area contributed by atoms with Crippen LogP contribution in [0.1, 0.15) is 42.9 Å². The van der Waals surface area contributed by atoms with Gasteiger partial charge in [0.25, 0.3) is 5.91 Å². The number of nitrogens with zero attached hydrogens (tertiary/aromatic N) is 3. The zero-order chi connectivity index (χ0) is 34.2. The van der Waals surface area contributed by atoms with Crippen molar-refractivity contribution in [3.8, 4) is 5.75 Å². The van der Waals surface area contributed by atoms with Gasteiger partial charge in [0.2, 0.25) is 12.3 Å². The second kappa shape index (κ2) is 13.6. The highest BCUT2D eigenvalue weighted by Crippen LogP contribution is 2.45. The number of aromatic hydroxyl groups is 1. The Morgan fingerprint density at radius 3 is 2.52 bits per heavy atom. The Kier molecular flexibility index (Phi) is 9.67. The number of piperazine rings is 1.